The second kappa shape index (κ2) is 4.70. The Bertz CT molecular complexity index is 597. The van der Waals surface area contributed by atoms with E-state index in [0.29, 0.717) is 13.2 Å². The summed E-state index contributed by atoms with van der Waals surface area (Å²) in [6, 6.07) is 0. The molecule has 5 nitrogen and oxygen atoms in total. The van der Waals surface area contributed by atoms with Gasteiger partial charge in [0, 0.05) is 6.54 Å². The highest BCUT2D eigenvalue weighted by Gasteiger charge is 2.32. The third kappa shape index (κ3) is 2.56. The summed E-state index contributed by atoms with van der Waals surface area (Å²) in [6.07, 6.45) is 1.65. The third-order valence-corrected chi connectivity index (χ3v) is 4.19. The number of nitrogens with one attached hydrogen (secondary N) is 1. The van der Waals surface area contributed by atoms with Gasteiger partial charge in [0.2, 0.25) is 0 Å². The quantitative estimate of drug-likeness (QED) is 0.935. The highest BCUT2D eigenvalue weighted by atomic mass is 32.1. The Morgan fingerprint density at radius 1 is 1.47 bits per heavy atom. The van der Waals surface area contributed by atoms with Crippen molar-refractivity contribution in [2.24, 2.45) is 0 Å². The van der Waals surface area contributed by atoms with Crippen molar-refractivity contribution in [3.8, 4) is 0 Å². The van der Waals surface area contributed by atoms with E-state index in [0.717, 1.165) is 16.0 Å². The Hall–Kier alpha value is -1.24. The largest absolute Gasteiger partial charge is 0.366 e. The molecule has 2 aromatic rings. The molecule has 19 heavy (non-hydrogen) atoms. The van der Waals surface area contributed by atoms with Crippen LogP contribution >= 0.6 is 11.3 Å². The number of nitrogens with zero attached hydrogens (tertiary/aromatic N) is 2. The monoisotopic (exact) mass is 279 g/mol. The lowest BCUT2D eigenvalue weighted by Gasteiger charge is -2.17. The fourth-order valence-corrected chi connectivity index (χ4v) is 3.14. The first-order chi connectivity index (χ1) is 9.05. The van der Waals surface area contributed by atoms with Gasteiger partial charge in [0.25, 0.3) is 0 Å². The zero-order valence-corrected chi connectivity index (χ0v) is 12.1. The normalized spacial score (nSPS) is 21.9. The molecule has 102 valence electrons. The van der Waals surface area contributed by atoms with Gasteiger partial charge in [-0.25, -0.2) is 9.97 Å². The van der Waals surface area contributed by atoms with E-state index < -0.39 is 5.79 Å². The molecule has 1 unspecified atom stereocenters. The number of hydrogen-bond donors (Lipinski definition) is 1. The number of rotatable bonds is 3. The fraction of sp³-hybridized carbons (Fsp3) is 0.538. The van der Waals surface area contributed by atoms with Crippen LogP contribution in [-0.2, 0) is 9.47 Å². The Kier molecular flexibility index (Phi) is 3.16. The molecule has 1 aliphatic heterocycles. The van der Waals surface area contributed by atoms with E-state index >= 15 is 0 Å². The molecule has 0 aliphatic carbocycles. The van der Waals surface area contributed by atoms with Crippen LogP contribution in [0.5, 0.6) is 0 Å². The molecule has 1 N–H and O–H groups in total. The van der Waals surface area contributed by atoms with Crippen LogP contribution in [0.2, 0.25) is 0 Å². The van der Waals surface area contributed by atoms with Crippen LogP contribution in [0.4, 0.5) is 5.82 Å². The smallest absolute Gasteiger partial charge is 0.163 e. The van der Waals surface area contributed by atoms with E-state index in [1.807, 2.05) is 13.8 Å². The molecule has 0 aromatic carbocycles. The average molecular weight is 279 g/mol. The molecule has 3 heterocycles. The van der Waals surface area contributed by atoms with Crippen molar-refractivity contribution in [1.29, 1.82) is 0 Å². The van der Waals surface area contributed by atoms with E-state index in [9.17, 15) is 0 Å². The van der Waals surface area contributed by atoms with Crippen LogP contribution in [0.1, 0.15) is 19.4 Å². The zero-order valence-electron chi connectivity index (χ0n) is 11.3. The molecule has 0 bridgehead atoms. The maximum Gasteiger partial charge on any atom is 0.163 e. The number of hydrogen-bond acceptors (Lipinski definition) is 6. The summed E-state index contributed by atoms with van der Waals surface area (Å²) in [5, 5.41) is 5.44. The van der Waals surface area contributed by atoms with Crippen molar-refractivity contribution < 1.29 is 9.47 Å². The van der Waals surface area contributed by atoms with E-state index in [4.69, 9.17) is 9.47 Å². The Morgan fingerprint density at radius 2 is 2.32 bits per heavy atom. The molecule has 0 radical (unpaired) electrons. The number of anilines is 1. The molecule has 0 saturated carbocycles. The Balaban J connectivity index is 1.72. The van der Waals surface area contributed by atoms with E-state index in [-0.39, 0.29) is 6.10 Å². The Labute approximate surface area is 116 Å². The van der Waals surface area contributed by atoms with Crippen LogP contribution < -0.4 is 5.32 Å². The summed E-state index contributed by atoms with van der Waals surface area (Å²) >= 11 is 1.66. The molecule has 0 spiro atoms. The van der Waals surface area contributed by atoms with Crippen LogP contribution in [0, 0.1) is 6.92 Å². The van der Waals surface area contributed by atoms with Crippen LogP contribution in [0.3, 0.4) is 0 Å². The second-order valence-corrected chi connectivity index (χ2v) is 6.03. The highest BCUT2D eigenvalue weighted by molar-refractivity contribution is 7.18. The minimum Gasteiger partial charge on any atom is -0.366 e. The SMILES string of the molecule is Cc1csc2c(NCC3COC(C)(C)O3)ncnc12. The maximum atomic E-state index is 5.76. The van der Waals surface area contributed by atoms with Crippen molar-refractivity contribution in [2.75, 3.05) is 18.5 Å². The van der Waals surface area contributed by atoms with E-state index in [1.54, 1.807) is 17.7 Å². The van der Waals surface area contributed by atoms with Gasteiger partial charge in [-0.15, -0.1) is 11.3 Å². The van der Waals surface area contributed by atoms with E-state index in [1.165, 1.54) is 5.56 Å². The first-order valence-electron chi connectivity index (χ1n) is 6.29. The molecule has 1 fully saturated rings. The van der Waals surface area contributed by atoms with Crippen LogP contribution in [0.25, 0.3) is 10.2 Å². The van der Waals surface area contributed by atoms with Gasteiger partial charge in [-0.3, -0.25) is 0 Å². The molecular weight excluding hydrogens is 262 g/mol. The zero-order chi connectivity index (χ0) is 13.5. The van der Waals surface area contributed by atoms with Crippen LogP contribution in [-0.4, -0.2) is 35.0 Å². The second-order valence-electron chi connectivity index (χ2n) is 5.15. The minimum atomic E-state index is -0.479. The summed E-state index contributed by atoms with van der Waals surface area (Å²) in [7, 11) is 0. The van der Waals surface area contributed by atoms with Gasteiger partial charge < -0.3 is 14.8 Å². The van der Waals surface area contributed by atoms with E-state index in [2.05, 4.69) is 27.6 Å². The molecule has 1 atom stereocenters. The molecular formula is C13H17N3O2S. The van der Waals surface area contributed by atoms with Gasteiger partial charge in [0.15, 0.2) is 5.79 Å². The van der Waals surface area contributed by atoms with Gasteiger partial charge in [-0.1, -0.05) is 0 Å². The number of thiophene rings is 1. The lowest BCUT2D eigenvalue weighted by atomic mass is 10.3. The summed E-state index contributed by atoms with van der Waals surface area (Å²) < 4.78 is 12.4. The summed E-state index contributed by atoms with van der Waals surface area (Å²) in [5.74, 6) is 0.392. The maximum absolute atomic E-state index is 5.76. The Morgan fingerprint density at radius 3 is 3.05 bits per heavy atom. The average Bonchev–Trinajstić information content (AvgIpc) is 2.91. The summed E-state index contributed by atoms with van der Waals surface area (Å²) in [5.41, 5.74) is 2.21. The van der Waals surface area contributed by atoms with Gasteiger partial charge in [0.1, 0.15) is 18.2 Å². The molecule has 2 aromatic heterocycles. The molecule has 1 saturated heterocycles. The number of ether oxygens (including phenoxy) is 2. The standard InChI is InChI=1S/C13H17N3O2S/c1-8-6-19-11-10(8)15-7-16-12(11)14-4-9-5-17-13(2,3)18-9/h6-7,9H,4-5H2,1-3H3,(H,14,15,16). The first kappa shape index (κ1) is 12.8. The number of aryl methyl sites for hydroxylation is 1. The fourth-order valence-electron chi connectivity index (χ4n) is 2.17. The highest BCUT2D eigenvalue weighted by Crippen LogP contribution is 2.29. The van der Waals surface area contributed by atoms with Gasteiger partial charge >= 0.3 is 0 Å². The van der Waals surface area contributed by atoms with Gasteiger partial charge in [-0.05, 0) is 31.7 Å². The van der Waals surface area contributed by atoms with Gasteiger partial charge in [-0.2, -0.15) is 0 Å². The number of aromatic nitrogens is 2. The molecule has 3 rings (SSSR count). The van der Waals surface area contributed by atoms with Crippen molar-refractivity contribution >= 4 is 27.4 Å². The first-order valence-corrected chi connectivity index (χ1v) is 7.17. The topological polar surface area (TPSA) is 56.3 Å². The van der Waals surface area contributed by atoms with Crippen molar-refractivity contribution in [3.05, 3.63) is 17.3 Å². The summed E-state index contributed by atoms with van der Waals surface area (Å²) in [4.78, 5) is 8.62. The predicted molar refractivity (Wildman–Crippen MR) is 75.5 cm³/mol. The van der Waals surface area contributed by atoms with Crippen molar-refractivity contribution in [3.63, 3.8) is 0 Å². The molecule has 6 heteroatoms. The number of fused-ring (bicyclic) bond motifs is 1. The molecule has 0 amide bonds. The summed E-state index contributed by atoms with van der Waals surface area (Å²) in [6.45, 7) is 7.22. The predicted octanol–water partition coefficient (Wildman–Crippen LogP) is 2.56. The van der Waals surface area contributed by atoms with Crippen LogP contribution in [0.15, 0.2) is 11.7 Å². The third-order valence-electron chi connectivity index (χ3n) is 3.10. The lowest BCUT2D eigenvalue weighted by Crippen LogP contribution is -2.26. The van der Waals surface area contributed by atoms with Crippen molar-refractivity contribution in [1.82, 2.24) is 9.97 Å². The van der Waals surface area contributed by atoms with Crippen molar-refractivity contribution in [2.45, 2.75) is 32.7 Å². The molecule has 1 aliphatic rings. The minimum absolute atomic E-state index is 0.0566. The van der Waals surface area contributed by atoms with Gasteiger partial charge in [0.05, 0.1) is 16.8 Å². The lowest BCUT2D eigenvalue weighted by molar-refractivity contribution is -0.136.